The van der Waals surface area contributed by atoms with Crippen LogP contribution in [0.2, 0.25) is 5.02 Å². The molecule has 0 saturated carbocycles. The average molecular weight is 484 g/mol. The summed E-state index contributed by atoms with van der Waals surface area (Å²) in [7, 11) is 1.88. The van der Waals surface area contributed by atoms with Gasteiger partial charge in [-0.25, -0.2) is 14.4 Å². The summed E-state index contributed by atoms with van der Waals surface area (Å²) in [5, 5.41) is 4.87. The van der Waals surface area contributed by atoms with Gasteiger partial charge in [-0.05, 0) is 18.2 Å². The smallest absolute Gasteiger partial charge is 0.219 e. The van der Waals surface area contributed by atoms with E-state index in [1.807, 2.05) is 13.2 Å². The molecule has 178 valence electrons. The van der Waals surface area contributed by atoms with Gasteiger partial charge in [-0.1, -0.05) is 11.6 Å². The van der Waals surface area contributed by atoms with Crippen LogP contribution in [0.25, 0.3) is 11.3 Å². The van der Waals surface area contributed by atoms with Crippen LogP contribution in [-0.4, -0.2) is 68.2 Å². The van der Waals surface area contributed by atoms with Crippen LogP contribution in [-0.2, 0) is 31.4 Å². The lowest BCUT2D eigenvalue weighted by molar-refractivity contribution is -0.129. The largest absolute Gasteiger partial charge is 0.352 e. The molecule has 0 atom stereocenters. The standard InChI is InChI=1S/C24H27ClFN7O/c1-16(34)33-6-5-21-22(15-33)28-23(18-12-27-30(2)13-18)24(29-21)32-9-7-31(8-10-32)14-17-11-19(25)3-4-20(17)26/h3-4,11-13H,5-10,14-15H2,1-2H3. The zero-order valence-electron chi connectivity index (χ0n) is 19.3. The summed E-state index contributed by atoms with van der Waals surface area (Å²) < 4.78 is 15.9. The molecule has 0 N–H and O–H groups in total. The van der Waals surface area contributed by atoms with E-state index >= 15 is 0 Å². The Morgan fingerprint density at radius 2 is 1.91 bits per heavy atom. The highest BCUT2D eigenvalue weighted by molar-refractivity contribution is 6.30. The molecule has 2 aliphatic rings. The summed E-state index contributed by atoms with van der Waals surface area (Å²) in [5.74, 6) is 0.661. The van der Waals surface area contributed by atoms with Crippen molar-refractivity contribution in [3.05, 3.63) is 58.4 Å². The molecule has 0 bridgehead atoms. The second kappa shape index (κ2) is 9.31. The minimum Gasteiger partial charge on any atom is -0.352 e. The number of hydrogen-bond donors (Lipinski definition) is 0. The minimum atomic E-state index is -0.231. The summed E-state index contributed by atoms with van der Waals surface area (Å²) >= 11 is 6.06. The van der Waals surface area contributed by atoms with E-state index in [4.69, 9.17) is 21.6 Å². The van der Waals surface area contributed by atoms with Gasteiger partial charge in [0.1, 0.15) is 11.5 Å². The summed E-state index contributed by atoms with van der Waals surface area (Å²) in [5.41, 5.74) is 4.09. The number of aromatic nitrogens is 4. The van der Waals surface area contributed by atoms with Crippen molar-refractivity contribution in [2.75, 3.05) is 37.6 Å². The first kappa shape index (κ1) is 22.7. The highest BCUT2D eigenvalue weighted by Gasteiger charge is 2.27. The average Bonchev–Trinajstić information content (AvgIpc) is 3.27. The van der Waals surface area contributed by atoms with Crippen LogP contribution in [0.1, 0.15) is 23.9 Å². The van der Waals surface area contributed by atoms with Crippen LogP contribution < -0.4 is 4.90 Å². The first-order valence-corrected chi connectivity index (χ1v) is 11.8. The van der Waals surface area contributed by atoms with E-state index < -0.39 is 0 Å². The summed E-state index contributed by atoms with van der Waals surface area (Å²) in [6.45, 7) is 6.29. The quantitative estimate of drug-likeness (QED) is 0.568. The van der Waals surface area contributed by atoms with E-state index in [0.717, 1.165) is 54.6 Å². The molecule has 4 heterocycles. The second-order valence-corrected chi connectivity index (χ2v) is 9.32. The minimum absolute atomic E-state index is 0.0479. The molecule has 5 rings (SSSR count). The van der Waals surface area contributed by atoms with Crippen LogP contribution in [0.3, 0.4) is 0 Å². The van der Waals surface area contributed by atoms with Crippen molar-refractivity contribution in [2.45, 2.75) is 26.4 Å². The highest BCUT2D eigenvalue weighted by atomic mass is 35.5. The second-order valence-electron chi connectivity index (χ2n) is 8.88. The number of fused-ring (bicyclic) bond motifs is 1. The SMILES string of the molecule is CC(=O)N1CCc2nc(N3CCN(Cc4cc(Cl)ccc4F)CC3)c(-c3cnn(C)c3)nc2C1. The van der Waals surface area contributed by atoms with Gasteiger partial charge in [0.15, 0.2) is 5.82 Å². The Hall–Kier alpha value is -3.04. The first-order chi connectivity index (χ1) is 16.4. The molecule has 8 nitrogen and oxygen atoms in total. The molecule has 3 aromatic rings. The number of hydrogen-bond acceptors (Lipinski definition) is 6. The van der Waals surface area contributed by atoms with Crippen molar-refractivity contribution >= 4 is 23.3 Å². The molecule has 1 fully saturated rings. The lowest BCUT2D eigenvalue weighted by atomic mass is 10.1. The van der Waals surface area contributed by atoms with Gasteiger partial charge >= 0.3 is 0 Å². The molecule has 10 heteroatoms. The molecule has 0 unspecified atom stereocenters. The summed E-state index contributed by atoms with van der Waals surface area (Å²) in [6, 6.07) is 4.69. The van der Waals surface area contributed by atoms with Gasteiger partial charge in [-0.2, -0.15) is 5.10 Å². The maximum atomic E-state index is 14.2. The number of halogens is 2. The highest BCUT2D eigenvalue weighted by Crippen LogP contribution is 2.31. The number of carbonyl (C=O) groups excluding carboxylic acids is 1. The van der Waals surface area contributed by atoms with Gasteiger partial charge in [0, 0.05) is 82.0 Å². The lowest BCUT2D eigenvalue weighted by Crippen LogP contribution is -2.47. The maximum absolute atomic E-state index is 14.2. The molecule has 0 spiro atoms. The number of amides is 1. The molecule has 2 aromatic heterocycles. The van der Waals surface area contributed by atoms with Gasteiger partial charge in [0.2, 0.25) is 5.91 Å². The predicted octanol–water partition coefficient (Wildman–Crippen LogP) is 2.90. The molecular weight excluding hydrogens is 457 g/mol. The summed E-state index contributed by atoms with van der Waals surface area (Å²) in [4.78, 5) is 28.2. The van der Waals surface area contributed by atoms with Crippen molar-refractivity contribution in [1.29, 1.82) is 0 Å². The lowest BCUT2D eigenvalue weighted by Gasteiger charge is -2.37. The topological polar surface area (TPSA) is 70.4 Å². The number of aryl methyl sites for hydroxylation is 1. The molecule has 1 amide bonds. The van der Waals surface area contributed by atoms with E-state index in [1.54, 1.807) is 34.8 Å². The zero-order valence-corrected chi connectivity index (χ0v) is 20.1. The maximum Gasteiger partial charge on any atom is 0.219 e. The molecular formula is C24H27ClFN7O. The number of anilines is 1. The number of carbonyl (C=O) groups is 1. The van der Waals surface area contributed by atoms with Crippen LogP contribution in [0.15, 0.2) is 30.6 Å². The summed E-state index contributed by atoms with van der Waals surface area (Å²) in [6.07, 6.45) is 4.42. The van der Waals surface area contributed by atoms with Crippen molar-refractivity contribution in [3.63, 3.8) is 0 Å². The molecule has 34 heavy (non-hydrogen) atoms. The first-order valence-electron chi connectivity index (χ1n) is 11.4. The fraction of sp³-hybridized carbons (Fsp3) is 0.417. The Morgan fingerprint density at radius 3 is 2.62 bits per heavy atom. The monoisotopic (exact) mass is 483 g/mol. The van der Waals surface area contributed by atoms with Gasteiger partial charge in [-0.3, -0.25) is 14.4 Å². The third kappa shape index (κ3) is 4.63. The van der Waals surface area contributed by atoms with Crippen LogP contribution in [0.5, 0.6) is 0 Å². The van der Waals surface area contributed by atoms with Gasteiger partial charge in [0.05, 0.1) is 24.1 Å². The Labute approximate surface area is 203 Å². The molecule has 1 saturated heterocycles. The van der Waals surface area contributed by atoms with Gasteiger partial charge in [-0.15, -0.1) is 0 Å². The Kier molecular flexibility index (Phi) is 6.22. The fourth-order valence-electron chi connectivity index (χ4n) is 4.57. The third-order valence-electron chi connectivity index (χ3n) is 6.49. The van der Waals surface area contributed by atoms with Crippen molar-refractivity contribution < 1.29 is 9.18 Å². The van der Waals surface area contributed by atoms with Gasteiger partial charge in [0.25, 0.3) is 0 Å². The van der Waals surface area contributed by atoms with Crippen LogP contribution in [0.4, 0.5) is 10.2 Å². The Balaban J connectivity index is 1.39. The number of nitrogens with zero attached hydrogens (tertiary/aromatic N) is 7. The fourth-order valence-corrected chi connectivity index (χ4v) is 4.77. The van der Waals surface area contributed by atoms with Crippen molar-refractivity contribution in [1.82, 2.24) is 29.5 Å². The number of benzene rings is 1. The molecule has 0 aliphatic carbocycles. The normalized spacial score (nSPS) is 16.6. The van der Waals surface area contributed by atoms with E-state index in [2.05, 4.69) is 14.9 Å². The van der Waals surface area contributed by atoms with Gasteiger partial charge < -0.3 is 9.80 Å². The molecule has 1 aromatic carbocycles. The van der Waals surface area contributed by atoms with E-state index in [-0.39, 0.29) is 11.7 Å². The Bertz CT molecular complexity index is 1220. The molecule has 0 radical (unpaired) electrons. The number of rotatable bonds is 4. The third-order valence-corrected chi connectivity index (χ3v) is 6.72. The predicted molar refractivity (Wildman–Crippen MR) is 128 cm³/mol. The van der Waals surface area contributed by atoms with Crippen molar-refractivity contribution in [2.24, 2.45) is 7.05 Å². The van der Waals surface area contributed by atoms with E-state index in [9.17, 15) is 9.18 Å². The Morgan fingerprint density at radius 1 is 1.12 bits per heavy atom. The van der Waals surface area contributed by atoms with Crippen molar-refractivity contribution in [3.8, 4) is 11.3 Å². The van der Waals surface area contributed by atoms with E-state index in [0.29, 0.717) is 36.6 Å². The zero-order chi connectivity index (χ0) is 23.8. The molecule has 2 aliphatic heterocycles. The van der Waals surface area contributed by atoms with Crippen LogP contribution >= 0.6 is 11.6 Å². The number of piperazine rings is 1. The van der Waals surface area contributed by atoms with Crippen LogP contribution in [0, 0.1) is 5.82 Å². The van der Waals surface area contributed by atoms with E-state index in [1.165, 1.54) is 6.07 Å².